The first-order valence-electron chi connectivity index (χ1n) is 9.76. The molecule has 6 heteroatoms. The van der Waals surface area contributed by atoms with Crippen LogP contribution < -0.4 is 5.43 Å². The third-order valence-electron chi connectivity index (χ3n) is 4.69. The van der Waals surface area contributed by atoms with Crippen molar-refractivity contribution in [1.29, 1.82) is 0 Å². The third kappa shape index (κ3) is 5.10. The minimum Gasteiger partial charge on any atom is -0.502 e. The summed E-state index contributed by atoms with van der Waals surface area (Å²) >= 11 is 0. The van der Waals surface area contributed by atoms with Crippen LogP contribution >= 0.6 is 0 Å². The maximum atomic E-state index is 11.9. The second-order valence-corrected chi connectivity index (χ2v) is 6.87. The van der Waals surface area contributed by atoms with Gasteiger partial charge in [0.1, 0.15) is 0 Å². The summed E-state index contributed by atoms with van der Waals surface area (Å²) in [6, 6.07) is 21.1. The van der Waals surface area contributed by atoms with Gasteiger partial charge in [0.25, 0.3) is 5.91 Å². The lowest BCUT2D eigenvalue weighted by atomic mass is 10.1. The van der Waals surface area contributed by atoms with Gasteiger partial charge in [-0.05, 0) is 24.0 Å². The zero-order chi connectivity index (χ0) is 20.6. The summed E-state index contributed by atoms with van der Waals surface area (Å²) in [5, 5.41) is 13.4. The second kappa shape index (κ2) is 9.68. The van der Waals surface area contributed by atoms with Crippen LogP contribution in [0.5, 0.6) is 5.75 Å². The Balaban J connectivity index is 0.000000169. The molecule has 1 aliphatic rings. The molecular formula is C23H25N3O3. The van der Waals surface area contributed by atoms with Crippen molar-refractivity contribution in [3.05, 3.63) is 93.9 Å². The van der Waals surface area contributed by atoms with Crippen molar-refractivity contribution < 1.29 is 9.90 Å². The number of carbonyl (C=O) groups excluding carboxylic acids is 1. The Kier molecular flexibility index (Phi) is 6.79. The summed E-state index contributed by atoms with van der Waals surface area (Å²) in [6.45, 7) is 3.67. The first-order valence-corrected chi connectivity index (χ1v) is 9.76. The van der Waals surface area contributed by atoms with E-state index in [9.17, 15) is 14.7 Å². The maximum absolute atomic E-state index is 11.9. The van der Waals surface area contributed by atoms with Gasteiger partial charge in [-0.2, -0.15) is 5.10 Å². The monoisotopic (exact) mass is 391 g/mol. The molecular weight excluding hydrogens is 366 g/mol. The minimum atomic E-state index is -0.613. The topological polar surface area (TPSA) is 75.4 Å². The summed E-state index contributed by atoms with van der Waals surface area (Å²) in [5.74, 6) is -0.823. The van der Waals surface area contributed by atoms with Crippen molar-refractivity contribution in [3.63, 3.8) is 0 Å². The summed E-state index contributed by atoms with van der Waals surface area (Å²) in [6.07, 6.45) is 2.90. The highest BCUT2D eigenvalue weighted by molar-refractivity contribution is 5.95. The Morgan fingerprint density at radius 2 is 1.52 bits per heavy atom. The molecule has 0 bridgehead atoms. The van der Waals surface area contributed by atoms with Gasteiger partial charge in [-0.25, -0.2) is 0 Å². The quantitative estimate of drug-likeness (QED) is 0.742. The zero-order valence-corrected chi connectivity index (χ0v) is 16.5. The fourth-order valence-electron chi connectivity index (χ4n) is 3.24. The molecule has 0 spiro atoms. The van der Waals surface area contributed by atoms with Gasteiger partial charge in [-0.3, -0.25) is 14.3 Å². The molecule has 150 valence electrons. The molecule has 1 aliphatic heterocycles. The third-order valence-corrected chi connectivity index (χ3v) is 4.69. The predicted octanol–water partition coefficient (Wildman–Crippen LogP) is 3.09. The van der Waals surface area contributed by atoms with Crippen molar-refractivity contribution in [2.24, 2.45) is 0 Å². The van der Waals surface area contributed by atoms with Gasteiger partial charge in [-0.1, -0.05) is 67.6 Å². The molecule has 0 unspecified atom stereocenters. The highest BCUT2D eigenvalue weighted by atomic mass is 16.3. The van der Waals surface area contributed by atoms with Crippen LogP contribution in [0.25, 0.3) is 0 Å². The fraction of sp³-hybridized carbons (Fsp3) is 0.261. The van der Waals surface area contributed by atoms with Gasteiger partial charge in [0.15, 0.2) is 11.4 Å². The highest BCUT2D eigenvalue weighted by Gasteiger charge is 2.28. The molecule has 1 N–H and O–H groups in total. The van der Waals surface area contributed by atoms with Gasteiger partial charge in [0.2, 0.25) is 5.43 Å². The number of rotatable bonds is 4. The van der Waals surface area contributed by atoms with Crippen LogP contribution in [-0.4, -0.2) is 38.8 Å². The Labute approximate surface area is 170 Å². The molecule has 0 saturated carbocycles. The predicted molar refractivity (Wildman–Crippen MR) is 112 cm³/mol. The number of nitrogens with zero attached hydrogens (tertiary/aromatic N) is 3. The molecule has 0 saturated heterocycles. The largest absolute Gasteiger partial charge is 0.502 e. The lowest BCUT2D eigenvalue weighted by molar-refractivity contribution is 0.0687. The van der Waals surface area contributed by atoms with E-state index in [4.69, 9.17) is 0 Å². The number of amides is 1. The second-order valence-electron chi connectivity index (χ2n) is 6.87. The van der Waals surface area contributed by atoms with Crippen LogP contribution in [0.1, 0.15) is 35.0 Å². The van der Waals surface area contributed by atoms with E-state index in [1.165, 1.54) is 15.8 Å². The van der Waals surface area contributed by atoms with Crippen LogP contribution in [0, 0.1) is 0 Å². The Bertz CT molecular complexity index is 963. The first-order chi connectivity index (χ1) is 14.1. The zero-order valence-electron chi connectivity index (χ0n) is 16.5. The van der Waals surface area contributed by atoms with E-state index in [-0.39, 0.29) is 11.6 Å². The summed E-state index contributed by atoms with van der Waals surface area (Å²) in [4.78, 5) is 24.8. The summed E-state index contributed by atoms with van der Waals surface area (Å²) < 4.78 is 1.38. The van der Waals surface area contributed by atoms with E-state index in [1.54, 1.807) is 4.90 Å². The van der Waals surface area contributed by atoms with Crippen molar-refractivity contribution in [3.8, 4) is 5.75 Å². The maximum Gasteiger partial charge on any atom is 0.276 e. The molecule has 0 aliphatic carbocycles. The molecule has 4 rings (SSSR count). The van der Waals surface area contributed by atoms with E-state index < -0.39 is 11.2 Å². The van der Waals surface area contributed by atoms with Crippen LogP contribution in [-0.2, 0) is 13.0 Å². The minimum absolute atomic E-state index is 0.00667. The number of carbonyl (C=O) groups is 1. The van der Waals surface area contributed by atoms with Gasteiger partial charge in [-0.15, -0.1) is 0 Å². The summed E-state index contributed by atoms with van der Waals surface area (Å²) in [7, 11) is 0. The highest BCUT2D eigenvalue weighted by Crippen LogP contribution is 2.17. The standard InChI is InChI=1S/C13H12.C10H13N3O3/c1-3-7-12(8-4-1)11-13-9-5-2-6-10-13;1-2-3-12-4-5-13-8(10(12)16)9(15)7(14)6-11-13/h1-10H,11H2;6,15H,2-5H2,1H3. The van der Waals surface area contributed by atoms with Gasteiger partial charge in [0, 0.05) is 13.1 Å². The van der Waals surface area contributed by atoms with Crippen molar-refractivity contribution in [2.45, 2.75) is 26.3 Å². The molecule has 29 heavy (non-hydrogen) atoms. The van der Waals surface area contributed by atoms with Crippen molar-refractivity contribution >= 4 is 5.91 Å². The molecule has 3 aromatic rings. The molecule has 0 radical (unpaired) electrons. The van der Waals surface area contributed by atoms with E-state index in [0.29, 0.717) is 19.6 Å². The Hall–Kier alpha value is -3.41. The normalized spacial score (nSPS) is 12.7. The van der Waals surface area contributed by atoms with Crippen LogP contribution in [0.15, 0.2) is 71.7 Å². The van der Waals surface area contributed by atoms with Gasteiger partial charge >= 0.3 is 0 Å². The lowest BCUT2D eigenvalue weighted by Crippen LogP contribution is -2.42. The van der Waals surface area contributed by atoms with Crippen LogP contribution in [0.3, 0.4) is 0 Å². The average Bonchev–Trinajstić information content (AvgIpc) is 2.75. The molecule has 6 nitrogen and oxygen atoms in total. The lowest BCUT2D eigenvalue weighted by Gasteiger charge is -2.28. The van der Waals surface area contributed by atoms with Crippen molar-refractivity contribution in [2.75, 3.05) is 13.1 Å². The first kappa shape index (κ1) is 20.3. The fourth-order valence-corrected chi connectivity index (χ4v) is 3.24. The van der Waals surface area contributed by atoms with Crippen LogP contribution in [0.4, 0.5) is 0 Å². The van der Waals surface area contributed by atoms with Crippen LogP contribution in [0.2, 0.25) is 0 Å². The molecule has 2 heterocycles. The number of aromatic nitrogens is 2. The number of hydrogen-bond donors (Lipinski definition) is 1. The average molecular weight is 391 g/mol. The van der Waals surface area contributed by atoms with Crippen molar-refractivity contribution in [1.82, 2.24) is 14.7 Å². The molecule has 0 fully saturated rings. The molecule has 2 aromatic carbocycles. The number of aromatic hydroxyl groups is 1. The SMILES string of the molecule is CCCN1CCn2ncc(=O)c(O)c2C1=O.c1ccc(Cc2ccccc2)cc1. The smallest absolute Gasteiger partial charge is 0.276 e. The summed E-state index contributed by atoms with van der Waals surface area (Å²) in [5.41, 5.74) is 2.13. The Morgan fingerprint density at radius 3 is 2.07 bits per heavy atom. The van der Waals surface area contributed by atoms with Gasteiger partial charge < -0.3 is 10.0 Å². The van der Waals surface area contributed by atoms with E-state index in [2.05, 4.69) is 65.8 Å². The molecule has 1 amide bonds. The number of fused-ring (bicyclic) bond motifs is 1. The van der Waals surface area contributed by atoms with E-state index in [1.807, 2.05) is 6.92 Å². The Morgan fingerprint density at radius 1 is 0.931 bits per heavy atom. The number of hydrogen-bond acceptors (Lipinski definition) is 4. The molecule has 1 aromatic heterocycles. The molecule has 0 atom stereocenters. The van der Waals surface area contributed by atoms with E-state index in [0.717, 1.165) is 19.0 Å². The van der Waals surface area contributed by atoms with Gasteiger partial charge in [0.05, 0.1) is 12.7 Å². The van der Waals surface area contributed by atoms with E-state index >= 15 is 0 Å². The number of benzene rings is 2.